The van der Waals surface area contributed by atoms with Crippen LogP contribution in [0.25, 0.3) is 11.1 Å². The Labute approximate surface area is 108 Å². The summed E-state index contributed by atoms with van der Waals surface area (Å²) in [4.78, 5) is 0. The average molecular weight is 267 g/mol. The zero-order chi connectivity index (χ0) is 14.0. The van der Waals surface area contributed by atoms with E-state index in [2.05, 4.69) is 0 Å². The van der Waals surface area contributed by atoms with Crippen LogP contribution < -0.4 is 10.5 Å². The van der Waals surface area contributed by atoms with Crippen molar-refractivity contribution in [2.75, 3.05) is 12.8 Å². The SMILES string of the molecule is COc1cccc(-c2ccccc2C(F)(F)F)c1N. The Morgan fingerprint density at radius 3 is 2.21 bits per heavy atom. The number of alkyl halides is 3. The molecule has 2 aromatic carbocycles. The number of para-hydroxylation sites is 1. The van der Waals surface area contributed by atoms with Gasteiger partial charge in [0.15, 0.2) is 0 Å². The Morgan fingerprint density at radius 1 is 0.947 bits per heavy atom. The molecule has 0 aliphatic carbocycles. The molecule has 5 heteroatoms. The highest BCUT2D eigenvalue weighted by Gasteiger charge is 2.33. The van der Waals surface area contributed by atoms with Crippen LogP contribution in [0.5, 0.6) is 5.75 Å². The molecule has 0 saturated carbocycles. The molecule has 0 aliphatic heterocycles. The quantitative estimate of drug-likeness (QED) is 0.836. The van der Waals surface area contributed by atoms with E-state index in [0.29, 0.717) is 11.3 Å². The first-order chi connectivity index (χ1) is 8.95. The predicted molar refractivity (Wildman–Crippen MR) is 67.8 cm³/mol. The summed E-state index contributed by atoms with van der Waals surface area (Å²) in [6.07, 6.45) is -4.42. The van der Waals surface area contributed by atoms with Crippen molar-refractivity contribution in [2.45, 2.75) is 6.18 Å². The van der Waals surface area contributed by atoms with Gasteiger partial charge in [0.2, 0.25) is 0 Å². The second kappa shape index (κ2) is 4.84. The Hall–Kier alpha value is -2.17. The van der Waals surface area contributed by atoms with Crippen molar-refractivity contribution >= 4 is 5.69 Å². The largest absolute Gasteiger partial charge is 0.495 e. The minimum Gasteiger partial charge on any atom is -0.495 e. The molecule has 0 heterocycles. The van der Waals surface area contributed by atoms with Crippen LogP contribution in [0.2, 0.25) is 0 Å². The van der Waals surface area contributed by atoms with E-state index in [9.17, 15) is 13.2 Å². The molecular weight excluding hydrogens is 255 g/mol. The van der Waals surface area contributed by atoms with Gasteiger partial charge in [-0.3, -0.25) is 0 Å². The van der Waals surface area contributed by atoms with Crippen LogP contribution in [-0.4, -0.2) is 7.11 Å². The van der Waals surface area contributed by atoms with Gasteiger partial charge in [0.1, 0.15) is 5.75 Å². The van der Waals surface area contributed by atoms with Crippen molar-refractivity contribution in [2.24, 2.45) is 0 Å². The highest BCUT2D eigenvalue weighted by atomic mass is 19.4. The highest BCUT2D eigenvalue weighted by molar-refractivity contribution is 5.82. The van der Waals surface area contributed by atoms with Crippen molar-refractivity contribution < 1.29 is 17.9 Å². The fourth-order valence-electron chi connectivity index (χ4n) is 1.92. The molecule has 100 valence electrons. The van der Waals surface area contributed by atoms with Gasteiger partial charge in [0.25, 0.3) is 0 Å². The fourth-order valence-corrected chi connectivity index (χ4v) is 1.92. The Morgan fingerprint density at radius 2 is 1.58 bits per heavy atom. The number of benzene rings is 2. The number of halogens is 3. The lowest BCUT2D eigenvalue weighted by molar-refractivity contribution is -0.137. The van der Waals surface area contributed by atoms with E-state index in [1.165, 1.54) is 19.2 Å². The molecule has 0 spiro atoms. The fraction of sp³-hybridized carbons (Fsp3) is 0.143. The van der Waals surface area contributed by atoms with Crippen molar-refractivity contribution in [1.29, 1.82) is 0 Å². The van der Waals surface area contributed by atoms with Crippen molar-refractivity contribution in [3.05, 3.63) is 48.0 Å². The number of rotatable bonds is 2. The number of hydrogen-bond acceptors (Lipinski definition) is 2. The molecule has 0 radical (unpaired) electrons. The molecule has 0 bridgehead atoms. The van der Waals surface area contributed by atoms with Crippen LogP contribution in [0.15, 0.2) is 42.5 Å². The highest BCUT2D eigenvalue weighted by Crippen LogP contribution is 2.40. The van der Waals surface area contributed by atoms with Crippen molar-refractivity contribution in [1.82, 2.24) is 0 Å². The van der Waals surface area contributed by atoms with Crippen LogP contribution in [-0.2, 0) is 6.18 Å². The summed E-state index contributed by atoms with van der Waals surface area (Å²) in [5.74, 6) is 0.356. The summed E-state index contributed by atoms with van der Waals surface area (Å²) in [6.45, 7) is 0. The molecule has 2 rings (SSSR count). The first kappa shape index (κ1) is 13.3. The molecule has 2 N–H and O–H groups in total. The maximum atomic E-state index is 13.0. The summed E-state index contributed by atoms with van der Waals surface area (Å²) < 4.78 is 44.0. The molecular formula is C14H12F3NO. The minimum absolute atomic E-state index is 0.0476. The Balaban J connectivity index is 2.67. The number of ether oxygens (including phenoxy) is 1. The number of hydrogen-bond donors (Lipinski definition) is 1. The predicted octanol–water partition coefficient (Wildman–Crippen LogP) is 3.96. The van der Waals surface area contributed by atoms with E-state index in [1.807, 2.05) is 0 Å². The number of methoxy groups -OCH3 is 1. The standard InChI is InChI=1S/C14H12F3NO/c1-19-12-8-4-6-10(13(12)18)9-5-2-3-7-11(9)14(15,16)17/h2-8H,18H2,1H3. The number of nitrogen functional groups attached to an aromatic ring is 1. The van der Waals surface area contributed by atoms with E-state index in [0.717, 1.165) is 6.07 Å². The summed E-state index contributed by atoms with van der Waals surface area (Å²) in [5, 5.41) is 0. The molecule has 2 nitrogen and oxygen atoms in total. The van der Waals surface area contributed by atoms with E-state index in [4.69, 9.17) is 10.5 Å². The van der Waals surface area contributed by atoms with Gasteiger partial charge >= 0.3 is 6.18 Å². The molecule has 0 aromatic heterocycles. The third-order valence-corrected chi connectivity index (χ3v) is 2.81. The molecule has 0 saturated heterocycles. The van der Waals surface area contributed by atoms with Gasteiger partial charge in [0.05, 0.1) is 18.4 Å². The maximum Gasteiger partial charge on any atom is 0.417 e. The average Bonchev–Trinajstić information content (AvgIpc) is 2.38. The number of anilines is 1. The van der Waals surface area contributed by atoms with E-state index >= 15 is 0 Å². The first-order valence-corrected chi connectivity index (χ1v) is 5.54. The molecule has 0 atom stereocenters. The second-order valence-corrected chi connectivity index (χ2v) is 3.96. The zero-order valence-corrected chi connectivity index (χ0v) is 10.2. The van der Waals surface area contributed by atoms with Gasteiger partial charge in [-0.15, -0.1) is 0 Å². The van der Waals surface area contributed by atoms with Crippen LogP contribution in [0.3, 0.4) is 0 Å². The monoisotopic (exact) mass is 267 g/mol. The third-order valence-electron chi connectivity index (χ3n) is 2.81. The lowest BCUT2D eigenvalue weighted by Gasteiger charge is -2.15. The molecule has 0 unspecified atom stereocenters. The van der Waals surface area contributed by atoms with Gasteiger partial charge < -0.3 is 10.5 Å². The molecule has 19 heavy (non-hydrogen) atoms. The normalized spacial score (nSPS) is 11.4. The summed E-state index contributed by atoms with van der Waals surface area (Å²) in [7, 11) is 1.42. The van der Waals surface area contributed by atoms with Gasteiger partial charge in [-0.2, -0.15) is 13.2 Å². The first-order valence-electron chi connectivity index (χ1n) is 5.54. The van der Waals surface area contributed by atoms with E-state index < -0.39 is 11.7 Å². The lowest BCUT2D eigenvalue weighted by Crippen LogP contribution is -2.07. The van der Waals surface area contributed by atoms with Crippen LogP contribution in [0.1, 0.15) is 5.56 Å². The van der Waals surface area contributed by atoms with E-state index in [-0.39, 0.29) is 11.3 Å². The van der Waals surface area contributed by atoms with Crippen molar-refractivity contribution in [3.63, 3.8) is 0 Å². The van der Waals surface area contributed by atoms with Gasteiger partial charge in [-0.1, -0.05) is 30.3 Å². The third kappa shape index (κ3) is 2.50. The second-order valence-electron chi connectivity index (χ2n) is 3.96. The smallest absolute Gasteiger partial charge is 0.417 e. The Bertz CT molecular complexity index is 593. The van der Waals surface area contributed by atoms with Gasteiger partial charge in [0, 0.05) is 5.56 Å². The van der Waals surface area contributed by atoms with E-state index in [1.54, 1.807) is 24.3 Å². The number of nitrogens with two attached hydrogens (primary N) is 1. The molecule has 0 amide bonds. The zero-order valence-electron chi connectivity index (χ0n) is 10.2. The van der Waals surface area contributed by atoms with Crippen LogP contribution in [0, 0.1) is 0 Å². The van der Waals surface area contributed by atoms with Crippen LogP contribution >= 0.6 is 0 Å². The minimum atomic E-state index is -4.42. The maximum absolute atomic E-state index is 13.0. The summed E-state index contributed by atoms with van der Waals surface area (Å²) >= 11 is 0. The lowest BCUT2D eigenvalue weighted by atomic mass is 9.97. The van der Waals surface area contributed by atoms with Crippen LogP contribution in [0.4, 0.5) is 18.9 Å². The topological polar surface area (TPSA) is 35.2 Å². The molecule has 2 aromatic rings. The van der Waals surface area contributed by atoms with Gasteiger partial charge in [-0.05, 0) is 17.7 Å². The summed E-state index contributed by atoms with van der Waals surface area (Å²) in [5.41, 5.74) is 5.69. The van der Waals surface area contributed by atoms with Gasteiger partial charge in [-0.25, -0.2) is 0 Å². The molecule has 0 fully saturated rings. The molecule has 0 aliphatic rings. The Kier molecular flexibility index (Phi) is 3.38. The van der Waals surface area contributed by atoms with Crippen molar-refractivity contribution in [3.8, 4) is 16.9 Å². The summed E-state index contributed by atoms with van der Waals surface area (Å²) in [6, 6.07) is 10.1.